The highest BCUT2D eigenvalue weighted by atomic mass is 16.3. The van der Waals surface area contributed by atoms with Gasteiger partial charge in [0.05, 0.1) is 12.7 Å². The Kier molecular flexibility index (Phi) is 4.01. The minimum Gasteiger partial charge on any atom is -0.382 e. The Labute approximate surface area is 145 Å². The van der Waals surface area contributed by atoms with Crippen LogP contribution in [0.5, 0.6) is 0 Å². The van der Waals surface area contributed by atoms with Gasteiger partial charge in [-0.3, -0.25) is 4.79 Å². The van der Waals surface area contributed by atoms with E-state index in [1.54, 1.807) is 4.90 Å². The summed E-state index contributed by atoms with van der Waals surface area (Å²) in [6.07, 6.45) is 5.92. The standard InChI is InChI=1S/C18H21N5O2/c24-17(5-3-13-2-4-15-14(10-13)6-8-19-15)23-9-1-7-18(25,12-23)16-11-20-22-21-16/h2,4,6,8,10-11,19,25H,1,3,5,7,9,12H2,(H,20,21,22). The predicted molar refractivity (Wildman–Crippen MR) is 92.7 cm³/mol. The van der Waals surface area contributed by atoms with Gasteiger partial charge in [0.15, 0.2) is 0 Å². The van der Waals surface area contributed by atoms with Crippen molar-refractivity contribution in [1.29, 1.82) is 0 Å². The molecule has 1 aliphatic rings. The molecule has 3 N–H and O–H groups in total. The summed E-state index contributed by atoms with van der Waals surface area (Å²) in [5.74, 6) is 0.0655. The molecule has 1 unspecified atom stereocenters. The molecule has 1 aromatic carbocycles. The quantitative estimate of drug-likeness (QED) is 0.674. The summed E-state index contributed by atoms with van der Waals surface area (Å²) >= 11 is 0. The number of hydrogen-bond donors (Lipinski definition) is 3. The van der Waals surface area contributed by atoms with Crippen LogP contribution in [0, 0.1) is 0 Å². The lowest BCUT2D eigenvalue weighted by molar-refractivity contribution is -0.139. The number of β-amino-alcohol motifs (C(OH)–C–C–N with tert-alkyl or cyclic N) is 1. The van der Waals surface area contributed by atoms with E-state index in [1.165, 1.54) is 6.20 Å². The summed E-state index contributed by atoms with van der Waals surface area (Å²) in [5.41, 5.74) is 1.64. The van der Waals surface area contributed by atoms with Crippen LogP contribution in [0.25, 0.3) is 10.9 Å². The molecule has 2 aromatic heterocycles. The molecule has 7 nitrogen and oxygen atoms in total. The van der Waals surface area contributed by atoms with Crippen molar-refractivity contribution in [1.82, 2.24) is 25.3 Å². The SMILES string of the molecule is O=C(CCc1ccc2[nH]ccc2c1)N1CCCC(O)(c2cn[nH]n2)C1. The number of carbonyl (C=O) groups excluding carboxylic acids is 1. The minimum absolute atomic E-state index is 0.0655. The number of rotatable bonds is 4. The molecule has 0 radical (unpaired) electrons. The van der Waals surface area contributed by atoms with Crippen LogP contribution in [0.15, 0.2) is 36.7 Å². The predicted octanol–water partition coefficient (Wildman–Crippen LogP) is 1.73. The van der Waals surface area contributed by atoms with Gasteiger partial charge in [-0.1, -0.05) is 6.07 Å². The van der Waals surface area contributed by atoms with Crippen molar-refractivity contribution in [2.45, 2.75) is 31.3 Å². The van der Waals surface area contributed by atoms with Crippen molar-refractivity contribution < 1.29 is 9.90 Å². The zero-order valence-electron chi connectivity index (χ0n) is 13.9. The number of benzene rings is 1. The Morgan fingerprint density at radius 2 is 2.28 bits per heavy atom. The maximum atomic E-state index is 12.6. The number of amides is 1. The van der Waals surface area contributed by atoms with Crippen LogP contribution in [0.3, 0.4) is 0 Å². The highest BCUT2D eigenvalue weighted by Crippen LogP contribution is 2.30. The molecule has 7 heteroatoms. The van der Waals surface area contributed by atoms with Gasteiger partial charge < -0.3 is 15.0 Å². The summed E-state index contributed by atoms with van der Waals surface area (Å²) in [6.45, 7) is 0.949. The molecule has 0 bridgehead atoms. The number of nitrogens with one attached hydrogen (secondary N) is 2. The van der Waals surface area contributed by atoms with E-state index in [9.17, 15) is 9.90 Å². The second kappa shape index (κ2) is 6.33. The lowest BCUT2D eigenvalue weighted by atomic mass is 9.89. The Morgan fingerprint density at radius 3 is 3.12 bits per heavy atom. The van der Waals surface area contributed by atoms with Crippen LogP contribution in [0.2, 0.25) is 0 Å². The van der Waals surface area contributed by atoms with Crippen LogP contribution < -0.4 is 0 Å². The molecule has 0 aliphatic carbocycles. The van der Waals surface area contributed by atoms with E-state index in [0.717, 1.165) is 22.9 Å². The van der Waals surface area contributed by atoms with Gasteiger partial charge in [-0.2, -0.15) is 15.4 Å². The maximum Gasteiger partial charge on any atom is 0.223 e. The summed E-state index contributed by atoms with van der Waals surface area (Å²) in [5, 5.41) is 22.3. The highest BCUT2D eigenvalue weighted by Gasteiger charge is 2.38. The number of piperidine rings is 1. The van der Waals surface area contributed by atoms with Crippen molar-refractivity contribution in [3.8, 4) is 0 Å². The van der Waals surface area contributed by atoms with E-state index in [4.69, 9.17) is 0 Å². The molecule has 1 amide bonds. The number of aryl methyl sites for hydroxylation is 1. The molecule has 25 heavy (non-hydrogen) atoms. The number of aliphatic hydroxyl groups is 1. The van der Waals surface area contributed by atoms with Crippen molar-refractivity contribution in [2.24, 2.45) is 0 Å². The number of nitrogens with zero attached hydrogens (tertiary/aromatic N) is 3. The van der Waals surface area contributed by atoms with E-state index < -0.39 is 5.60 Å². The summed E-state index contributed by atoms with van der Waals surface area (Å²) in [4.78, 5) is 17.5. The first-order valence-corrected chi connectivity index (χ1v) is 8.56. The molecule has 1 fully saturated rings. The van der Waals surface area contributed by atoms with E-state index in [1.807, 2.05) is 24.4 Å². The molecular weight excluding hydrogens is 318 g/mol. The van der Waals surface area contributed by atoms with Crippen LogP contribution >= 0.6 is 0 Å². The smallest absolute Gasteiger partial charge is 0.223 e. The topological polar surface area (TPSA) is 97.9 Å². The number of aromatic nitrogens is 4. The van der Waals surface area contributed by atoms with E-state index >= 15 is 0 Å². The largest absolute Gasteiger partial charge is 0.382 e. The first-order valence-electron chi connectivity index (χ1n) is 8.56. The van der Waals surface area contributed by atoms with Gasteiger partial charge in [0.1, 0.15) is 11.3 Å². The molecule has 3 aromatic rings. The zero-order valence-corrected chi connectivity index (χ0v) is 13.9. The lowest BCUT2D eigenvalue weighted by Crippen LogP contribution is -2.48. The Hall–Kier alpha value is -2.67. The average molecular weight is 339 g/mol. The molecule has 0 spiro atoms. The number of H-pyrrole nitrogens is 2. The molecule has 0 saturated carbocycles. The van der Waals surface area contributed by atoms with Gasteiger partial charge in [-0.25, -0.2) is 0 Å². The third kappa shape index (κ3) is 3.15. The van der Waals surface area contributed by atoms with Crippen LogP contribution in [0.1, 0.15) is 30.5 Å². The van der Waals surface area contributed by atoms with Crippen molar-refractivity contribution in [3.63, 3.8) is 0 Å². The maximum absolute atomic E-state index is 12.6. The monoisotopic (exact) mass is 339 g/mol. The van der Waals surface area contributed by atoms with Gasteiger partial charge in [-0.05, 0) is 48.4 Å². The third-order valence-electron chi connectivity index (χ3n) is 4.96. The van der Waals surface area contributed by atoms with Gasteiger partial charge >= 0.3 is 0 Å². The Morgan fingerprint density at radius 1 is 1.36 bits per heavy atom. The zero-order chi connectivity index (χ0) is 17.3. The van der Waals surface area contributed by atoms with Crippen molar-refractivity contribution >= 4 is 16.8 Å². The molecule has 130 valence electrons. The summed E-state index contributed by atoms with van der Waals surface area (Å²) < 4.78 is 0. The van der Waals surface area contributed by atoms with E-state index in [-0.39, 0.29) is 12.5 Å². The fourth-order valence-corrected chi connectivity index (χ4v) is 3.55. The summed E-state index contributed by atoms with van der Waals surface area (Å²) in [6, 6.07) is 8.23. The normalized spacial score (nSPS) is 20.9. The molecule has 1 aliphatic heterocycles. The first kappa shape index (κ1) is 15.8. The first-order chi connectivity index (χ1) is 12.1. The highest BCUT2D eigenvalue weighted by molar-refractivity contribution is 5.80. The Balaban J connectivity index is 1.40. The number of aromatic amines is 2. The van der Waals surface area contributed by atoms with Crippen molar-refractivity contribution in [3.05, 3.63) is 47.9 Å². The van der Waals surface area contributed by atoms with Crippen molar-refractivity contribution in [2.75, 3.05) is 13.1 Å². The molecule has 4 rings (SSSR count). The third-order valence-corrected chi connectivity index (χ3v) is 4.96. The van der Waals surface area contributed by atoms with Crippen LogP contribution in [0.4, 0.5) is 0 Å². The fraction of sp³-hybridized carbons (Fsp3) is 0.389. The van der Waals surface area contributed by atoms with Gasteiger partial charge in [0.25, 0.3) is 0 Å². The second-order valence-electron chi connectivity index (χ2n) is 6.70. The number of carbonyl (C=O) groups is 1. The lowest BCUT2D eigenvalue weighted by Gasteiger charge is -2.38. The van der Waals surface area contributed by atoms with Crippen LogP contribution in [-0.4, -0.2) is 49.4 Å². The van der Waals surface area contributed by atoms with Crippen LogP contribution in [-0.2, 0) is 16.8 Å². The van der Waals surface area contributed by atoms with E-state index in [0.29, 0.717) is 31.5 Å². The van der Waals surface area contributed by atoms with Gasteiger partial charge in [0.2, 0.25) is 5.91 Å². The number of hydrogen-bond acceptors (Lipinski definition) is 4. The second-order valence-corrected chi connectivity index (χ2v) is 6.70. The molecule has 1 atom stereocenters. The number of likely N-dealkylation sites (tertiary alicyclic amines) is 1. The molecular formula is C18H21N5O2. The van der Waals surface area contributed by atoms with Gasteiger partial charge in [0, 0.05) is 24.7 Å². The molecule has 1 saturated heterocycles. The minimum atomic E-state index is -1.11. The Bertz CT molecular complexity index is 873. The molecule has 3 heterocycles. The van der Waals surface area contributed by atoms with E-state index in [2.05, 4.69) is 26.5 Å². The number of fused-ring (bicyclic) bond motifs is 1. The van der Waals surface area contributed by atoms with Gasteiger partial charge in [-0.15, -0.1) is 0 Å². The summed E-state index contributed by atoms with van der Waals surface area (Å²) in [7, 11) is 0. The fourth-order valence-electron chi connectivity index (χ4n) is 3.55. The average Bonchev–Trinajstić information content (AvgIpc) is 3.31.